The number of Topliss-reactive ketones (excluding diaryl/α,β-unsaturated/α-hetero) is 1. The smallest absolute Gasteiger partial charge is 0.238 e. The highest BCUT2D eigenvalue weighted by Crippen LogP contribution is 2.35. The van der Waals surface area contributed by atoms with Crippen LogP contribution < -0.4 is 4.90 Å². The van der Waals surface area contributed by atoms with Crippen LogP contribution in [0.1, 0.15) is 10.4 Å². The second-order valence-electron chi connectivity index (χ2n) is 5.84. The van der Waals surface area contributed by atoms with Crippen molar-refractivity contribution in [2.45, 2.75) is 5.37 Å². The van der Waals surface area contributed by atoms with Gasteiger partial charge in [0.05, 0.1) is 11.3 Å². The van der Waals surface area contributed by atoms with E-state index in [1.165, 1.54) is 22.7 Å². The van der Waals surface area contributed by atoms with Gasteiger partial charge in [-0.05, 0) is 35.0 Å². The average molecular weight is 349 g/mol. The fourth-order valence-corrected chi connectivity index (χ4v) is 4.15. The Kier molecular flexibility index (Phi) is 3.93. The number of carbonyl (C=O) groups is 2. The molecule has 25 heavy (non-hydrogen) atoms. The van der Waals surface area contributed by atoms with Crippen molar-refractivity contribution in [3.63, 3.8) is 0 Å². The SMILES string of the molecule is O=C(c1ccccc1O)C1SCC(=O)N1c1ccc2ccccc2c1. The van der Waals surface area contributed by atoms with Crippen LogP contribution in [-0.4, -0.2) is 27.9 Å². The summed E-state index contributed by atoms with van der Waals surface area (Å²) in [6.07, 6.45) is 0. The molecular formula is C20H15NO3S. The monoisotopic (exact) mass is 349 g/mol. The van der Waals surface area contributed by atoms with Crippen molar-refractivity contribution in [1.82, 2.24) is 0 Å². The molecule has 1 fully saturated rings. The zero-order valence-corrected chi connectivity index (χ0v) is 14.1. The van der Waals surface area contributed by atoms with E-state index in [9.17, 15) is 14.7 Å². The van der Waals surface area contributed by atoms with Crippen LogP contribution in [0.3, 0.4) is 0 Å². The van der Waals surface area contributed by atoms with E-state index in [2.05, 4.69) is 0 Å². The fourth-order valence-electron chi connectivity index (χ4n) is 3.04. The van der Waals surface area contributed by atoms with Crippen LogP contribution in [0.2, 0.25) is 0 Å². The Morgan fingerprint density at radius 2 is 1.72 bits per heavy atom. The lowest BCUT2D eigenvalue weighted by Gasteiger charge is -2.23. The quantitative estimate of drug-likeness (QED) is 0.730. The number of ketones is 1. The second-order valence-corrected chi connectivity index (χ2v) is 6.91. The molecule has 0 aromatic heterocycles. The number of nitrogens with zero attached hydrogens (tertiary/aromatic N) is 1. The molecule has 4 nitrogen and oxygen atoms in total. The molecule has 5 heteroatoms. The molecule has 0 spiro atoms. The Morgan fingerprint density at radius 3 is 2.52 bits per heavy atom. The van der Waals surface area contributed by atoms with Crippen molar-refractivity contribution in [3.05, 3.63) is 72.3 Å². The van der Waals surface area contributed by atoms with Gasteiger partial charge in [-0.1, -0.05) is 42.5 Å². The summed E-state index contributed by atoms with van der Waals surface area (Å²) in [5, 5.41) is 11.4. The maximum Gasteiger partial charge on any atom is 0.238 e. The Bertz CT molecular complexity index is 985. The summed E-state index contributed by atoms with van der Waals surface area (Å²) in [6.45, 7) is 0. The third-order valence-electron chi connectivity index (χ3n) is 4.27. The number of fused-ring (bicyclic) bond motifs is 1. The number of benzene rings is 3. The molecule has 1 aliphatic heterocycles. The molecule has 1 unspecified atom stereocenters. The molecule has 0 bridgehead atoms. The van der Waals surface area contributed by atoms with E-state index in [0.717, 1.165) is 10.8 Å². The Balaban J connectivity index is 1.74. The number of hydrogen-bond donors (Lipinski definition) is 1. The molecule has 3 aromatic rings. The zero-order chi connectivity index (χ0) is 17.4. The van der Waals surface area contributed by atoms with Crippen LogP contribution in [0.15, 0.2) is 66.7 Å². The summed E-state index contributed by atoms with van der Waals surface area (Å²) in [6, 6.07) is 20.0. The van der Waals surface area contributed by atoms with Crippen molar-refractivity contribution >= 4 is 39.9 Å². The van der Waals surface area contributed by atoms with Gasteiger partial charge in [-0.3, -0.25) is 14.5 Å². The van der Waals surface area contributed by atoms with Crippen LogP contribution >= 0.6 is 11.8 Å². The Morgan fingerprint density at radius 1 is 1.00 bits per heavy atom. The minimum Gasteiger partial charge on any atom is -0.507 e. The summed E-state index contributed by atoms with van der Waals surface area (Å²) in [7, 11) is 0. The lowest BCUT2D eigenvalue weighted by molar-refractivity contribution is -0.115. The van der Waals surface area contributed by atoms with Gasteiger partial charge in [0.1, 0.15) is 11.1 Å². The molecule has 1 atom stereocenters. The number of aromatic hydroxyl groups is 1. The van der Waals surface area contributed by atoms with Crippen LogP contribution in [0.25, 0.3) is 10.8 Å². The molecule has 0 aliphatic carbocycles. The van der Waals surface area contributed by atoms with Crippen molar-refractivity contribution in [3.8, 4) is 5.75 Å². The summed E-state index contributed by atoms with van der Waals surface area (Å²) < 4.78 is 0. The number of rotatable bonds is 3. The Hall–Kier alpha value is -2.79. The molecule has 1 heterocycles. The molecule has 1 aliphatic rings. The van der Waals surface area contributed by atoms with Gasteiger partial charge in [0, 0.05) is 5.69 Å². The van der Waals surface area contributed by atoms with Crippen molar-refractivity contribution in [2.24, 2.45) is 0 Å². The molecule has 1 N–H and O–H groups in total. The first-order valence-corrected chi connectivity index (χ1v) is 8.95. The Labute approximate surface area is 149 Å². The highest BCUT2D eigenvalue weighted by Gasteiger charge is 2.39. The summed E-state index contributed by atoms with van der Waals surface area (Å²) >= 11 is 1.29. The summed E-state index contributed by atoms with van der Waals surface area (Å²) in [5.74, 6) is -0.182. The fraction of sp³-hybridized carbons (Fsp3) is 0.100. The van der Waals surface area contributed by atoms with Gasteiger partial charge in [-0.25, -0.2) is 0 Å². The van der Waals surface area contributed by atoms with E-state index in [1.54, 1.807) is 18.2 Å². The lowest BCUT2D eigenvalue weighted by Crippen LogP contribution is -2.37. The number of anilines is 1. The van der Waals surface area contributed by atoms with Crippen LogP contribution in [0.4, 0.5) is 5.69 Å². The minimum atomic E-state index is -0.665. The van der Waals surface area contributed by atoms with Crippen LogP contribution in [-0.2, 0) is 4.79 Å². The first-order chi connectivity index (χ1) is 12.1. The van der Waals surface area contributed by atoms with Crippen molar-refractivity contribution < 1.29 is 14.7 Å². The molecule has 0 radical (unpaired) electrons. The molecule has 1 saturated heterocycles. The first-order valence-electron chi connectivity index (χ1n) is 7.90. The molecule has 124 valence electrons. The largest absolute Gasteiger partial charge is 0.507 e. The molecule has 3 aromatic carbocycles. The van der Waals surface area contributed by atoms with E-state index >= 15 is 0 Å². The average Bonchev–Trinajstić information content (AvgIpc) is 3.02. The number of carbonyl (C=O) groups excluding carboxylic acids is 2. The molecule has 0 saturated carbocycles. The number of phenolic OH excluding ortho intramolecular Hbond substituents is 1. The van der Waals surface area contributed by atoms with Gasteiger partial charge in [0.2, 0.25) is 5.91 Å². The predicted molar refractivity (Wildman–Crippen MR) is 100 cm³/mol. The third-order valence-corrected chi connectivity index (χ3v) is 5.43. The standard InChI is InChI=1S/C20H15NO3S/c22-17-8-4-3-7-16(17)19(24)20-21(18(23)12-25-20)15-10-9-13-5-1-2-6-14(13)11-15/h1-11,20,22H,12H2. The number of amides is 1. The van der Waals surface area contributed by atoms with E-state index in [1.807, 2.05) is 42.5 Å². The van der Waals surface area contributed by atoms with E-state index in [-0.39, 0.29) is 28.8 Å². The number of hydrogen-bond acceptors (Lipinski definition) is 4. The van der Waals surface area contributed by atoms with Gasteiger partial charge in [-0.15, -0.1) is 11.8 Å². The van der Waals surface area contributed by atoms with E-state index in [4.69, 9.17) is 0 Å². The summed E-state index contributed by atoms with van der Waals surface area (Å²) in [4.78, 5) is 26.9. The topological polar surface area (TPSA) is 57.6 Å². The maximum atomic E-state index is 12.9. The molecule has 1 amide bonds. The van der Waals surface area contributed by atoms with Gasteiger partial charge < -0.3 is 5.11 Å². The minimum absolute atomic E-state index is 0.0640. The number of para-hydroxylation sites is 1. The van der Waals surface area contributed by atoms with E-state index < -0.39 is 5.37 Å². The number of phenols is 1. The lowest BCUT2D eigenvalue weighted by atomic mass is 10.1. The van der Waals surface area contributed by atoms with Gasteiger partial charge >= 0.3 is 0 Å². The highest BCUT2D eigenvalue weighted by molar-refractivity contribution is 8.02. The van der Waals surface area contributed by atoms with Gasteiger partial charge in [0.25, 0.3) is 0 Å². The normalized spacial score (nSPS) is 17.2. The maximum absolute atomic E-state index is 12.9. The number of thioether (sulfide) groups is 1. The van der Waals surface area contributed by atoms with Crippen LogP contribution in [0, 0.1) is 0 Å². The van der Waals surface area contributed by atoms with Crippen molar-refractivity contribution in [2.75, 3.05) is 10.7 Å². The third kappa shape index (κ3) is 2.76. The first kappa shape index (κ1) is 15.7. The molecular weight excluding hydrogens is 334 g/mol. The second kappa shape index (κ2) is 6.26. The van der Waals surface area contributed by atoms with Gasteiger partial charge in [0.15, 0.2) is 5.78 Å². The predicted octanol–water partition coefficient (Wildman–Crippen LogP) is 3.83. The molecule has 4 rings (SSSR count). The van der Waals surface area contributed by atoms with Gasteiger partial charge in [-0.2, -0.15) is 0 Å². The van der Waals surface area contributed by atoms with Crippen molar-refractivity contribution in [1.29, 1.82) is 0 Å². The summed E-state index contributed by atoms with van der Waals surface area (Å²) in [5.41, 5.74) is 0.933. The zero-order valence-electron chi connectivity index (χ0n) is 13.3. The highest BCUT2D eigenvalue weighted by atomic mass is 32.2. The van der Waals surface area contributed by atoms with E-state index in [0.29, 0.717) is 5.69 Å². The van der Waals surface area contributed by atoms with Crippen LogP contribution in [0.5, 0.6) is 5.75 Å².